The van der Waals surface area contributed by atoms with E-state index in [4.69, 9.17) is 15.8 Å². The van der Waals surface area contributed by atoms with Crippen molar-refractivity contribution in [1.29, 1.82) is 0 Å². The van der Waals surface area contributed by atoms with Gasteiger partial charge in [-0.3, -0.25) is 4.98 Å². The smallest absolute Gasteiger partial charge is 0.503 e. The third-order valence-electron chi connectivity index (χ3n) is 1.61. The quantitative estimate of drug-likeness (QED) is 0.843. The second kappa shape index (κ2) is 4.22. The number of hydrogen-bond donors (Lipinski definition) is 1. The molecule has 0 unspecified atom stereocenters. The number of aromatic nitrogens is 1. The van der Waals surface area contributed by atoms with Gasteiger partial charge in [0.05, 0.1) is 11.9 Å². The van der Waals surface area contributed by atoms with Crippen molar-refractivity contribution >= 4 is 19.7 Å². The van der Waals surface area contributed by atoms with Gasteiger partial charge in [0.2, 0.25) is 0 Å². The van der Waals surface area contributed by atoms with Gasteiger partial charge in [0, 0.05) is 10.7 Å². The maximum atomic E-state index is 12.0. The lowest BCUT2D eigenvalue weighted by Gasteiger charge is -2.13. The predicted molar refractivity (Wildman–Crippen MR) is 50.4 cm³/mol. The molecule has 1 aromatic heterocycles. The van der Waals surface area contributed by atoms with Crippen molar-refractivity contribution < 1.29 is 31.4 Å². The molecule has 17 heavy (non-hydrogen) atoms. The van der Waals surface area contributed by atoms with Crippen LogP contribution in [0.15, 0.2) is 11.1 Å². The summed E-state index contributed by atoms with van der Waals surface area (Å²) in [4.78, 5) is 2.36. The van der Waals surface area contributed by atoms with Gasteiger partial charge in [-0.1, -0.05) is 0 Å². The molecule has 1 aromatic rings. The summed E-state index contributed by atoms with van der Waals surface area (Å²) in [5.41, 5.74) is -0.322. The largest absolute Gasteiger partial charge is 0.573 e. The maximum absolute atomic E-state index is 12.0. The summed E-state index contributed by atoms with van der Waals surface area (Å²) < 4.78 is 61.7. The SMILES string of the molecule is Cc1ncc(O)c(OC(F)(F)F)c1S(=O)(=O)Cl. The standard InChI is InChI=1S/C7H5ClF3NO4S/c1-3-6(17(8,14)15)5(4(13)2-12-3)16-7(9,10)11/h2,13H,1H3. The summed E-state index contributed by atoms with van der Waals surface area (Å²) in [5.74, 6) is -2.37. The van der Waals surface area contributed by atoms with E-state index in [1.54, 1.807) is 0 Å². The number of hydrogen-bond acceptors (Lipinski definition) is 5. The number of halogens is 4. The molecule has 0 spiro atoms. The Labute approximate surface area is 98.2 Å². The van der Waals surface area contributed by atoms with E-state index in [9.17, 15) is 21.6 Å². The number of rotatable bonds is 2. The van der Waals surface area contributed by atoms with Crippen LogP contribution in [0.2, 0.25) is 0 Å². The summed E-state index contributed by atoms with van der Waals surface area (Å²) >= 11 is 0. The molecule has 0 aromatic carbocycles. The topological polar surface area (TPSA) is 76.5 Å². The van der Waals surface area contributed by atoms with E-state index < -0.39 is 31.8 Å². The number of nitrogens with zero attached hydrogens (tertiary/aromatic N) is 1. The van der Waals surface area contributed by atoms with Gasteiger partial charge in [0.1, 0.15) is 4.90 Å². The molecule has 0 amide bonds. The molecule has 0 radical (unpaired) electrons. The molecule has 1 rings (SSSR count). The summed E-state index contributed by atoms with van der Waals surface area (Å²) in [7, 11) is 0.409. The number of ether oxygens (including phenoxy) is 1. The van der Waals surface area contributed by atoms with Gasteiger partial charge in [0.25, 0.3) is 9.05 Å². The van der Waals surface area contributed by atoms with Crippen molar-refractivity contribution in [3.63, 3.8) is 0 Å². The van der Waals surface area contributed by atoms with E-state index in [2.05, 4.69) is 9.72 Å². The molecule has 0 aliphatic rings. The summed E-state index contributed by atoms with van der Waals surface area (Å²) in [6.07, 6.45) is -4.54. The van der Waals surface area contributed by atoms with Crippen LogP contribution in [0, 0.1) is 6.92 Å². The Balaban J connectivity index is 3.52. The van der Waals surface area contributed by atoms with E-state index in [1.807, 2.05) is 0 Å². The molecule has 0 fully saturated rings. The average Bonchev–Trinajstić information content (AvgIpc) is 2.06. The summed E-state index contributed by atoms with van der Waals surface area (Å²) in [6, 6.07) is 0. The van der Waals surface area contributed by atoms with E-state index in [1.165, 1.54) is 0 Å². The molecule has 0 aliphatic carbocycles. The highest BCUT2D eigenvalue weighted by Gasteiger charge is 2.36. The Morgan fingerprint density at radius 2 is 2.00 bits per heavy atom. The lowest BCUT2D eigenvalue weighted by molar-refractivity contribution is -0.276. The average molecular weight is 292 g/mol. The first kappa shape index (κ1) is 13.8. The minimum absolute atomic E-state index is 0.322. The molecule has 1 heterocycles. The molecule has 0 saturated heterocycles. The minimum Gasteiger partial charge on any atom is -0.503 e. The Morgan fingerprint density at radius 3 is 2.41 bits per heavy atom. The predicted octanol–water partition coefficient (Wildman–Crippen LogP) is 1.92. The first-order valence-electron chi connectivity index (χ1n) is 3.91. The number of pyridine rings is 1. The van der Waals surface area contributed by atoms with Crippen LogP contribution in [-0.2, 0) is 9.05 Å². The molecule has 96 valence electrons. The van der Waals surface area contributed by atoms with Gasteiger partial charge < -0.3 is 9.84 Å². The molecule has 0 saturated carbocycles. The Bertz CT molecular complexity index is 543. The number of aryl methyl sites for hydroxylation is 1. The van der Waals surface area contributed by atoms with Gasteiger partial charge in [-0.2, -0.15) is 0 Å². The monoisotopic (exact) mass is 291 g/mol. The summed E-state index contributed by atoms with van der Waals surface area (Å²) in [5, 5.41) is 9.13. The molecule has 1 N–H and O–H groups in total. The van der Waals surface area contributed by atoms with E-state index in [-0.39, 0.29) is 5.69 Å². The molecule has 0 atom stereocenters. The van der Waals surface area contributed by atoms with Crippen molar-refractivity contribution in [2.24, 2.45) is 0 Å². The first-order valence-corrected chi connectivity index (χ1v) is 6.22. The zero-order chi connectivity index (χ0) is 13.4. The first-order chi connectivity index (χ1) is 7.52. The number of alkyl halides is 3. The van der Waals surface area contributed by atoms with Crippen LogP contribution in [-0.4, -0.2) is 24.9 Å². The molecular formula is C7H5ClF3NO4S. The Kier molecular flexibility index (Phi) is 3.44. The van der Waals surface area contributed by atoms with Gasteiger partial charge >= 0.3 is 6.36 Å². The van der Waals surface area contributed by atoms with Gasteiger partial charge in [-0.25, -0.2) is 8.42 Å². The zero-order valence-corrected chi connectivity index (χ0v) is 9.69. The Hall–Kier alpha value is -1.22. The van der Waals surface area contributed by atoms with Crippen LogP contribution in [0.3, 0.4) is 0 Å². The van der Waals surface area contributed by atoms with E-state index in [0.29, 0.717) is 6.20 Å². The van der Waals surface area contributed by atoms with E-state index >= 15 is 0 Å². The molecule has 10 heteroatoms. The van der Waals surface area contributed by atoms with Gasteiger partial charge in [-0.05, 0) is 6.92 Å². The second-order valence-corrected chi connectivity index (χ2v) is 5.38. The highest BCUT2D eigenvalue weighted by molar-refractivity contribution is 8.13. The molecule has 0 aliphatic heterocycles. The third-order valence-corrected chi connectivity index (χ3v) is 3.04. The van der Waals surface area contributed by atoms with Crippen LogP contribution >= 0.6 is 10.7 Å². The van der Waals surface area contributed by atoms with Crippen LogP contribution in [0.5, 0.6) is 11.5 Å². The van der Waals surface area contributed by atoms with Gasteiger partial charge in [-0.15, -0.1) is 13.2 Å². The van der Waals surface area contributed by atoms with Crippen LogP contribution in [0.4, 0.5) is 13.2 Å². The van der Waals surface area contributed by atoms with Crippen molar-refractivity contribution in [3.8, 4) is 11.5 Å². The van der Waals surface area contributed by atoms with Crippen LogP contribution in [0.1, 0.15) is 5.69 Å². The second-order valence-electron chi connectivity index (χ2n) is 2.87. The van der Waals surface area contributed by atoms with Crippen molar-refractivity contribution in [1.82, 2.24) is 4.98 Å². The highest BCUT2D eigenvalue weighted by Crippen LogP contribution is 2.39. The fourth-order valence-corrected chi connectivity index (χ4v) is 2.38. The third kappa shape index (κ3) is 3.37. The molecule has 5 nitrogen and oxygen atoms in total. The number of aromatic hydroxyl groups is 1. The van der Waals surface area contributed by atoms with Crippen molar-refractivity contribution in [3.05, 3.63) is 11.9 Å². The minimum atomic E-state index is -5.17. The lowest BCUT2D eigenvalue weighted by Crippen LogP contribution is -2.19. The molecule has 0 bridgehead atoms. The van der Waals surface area contributed by atoms with Crippen molar-refractivity contribution in [2.45, 2.75) is 18.2 Å². The highest BCUT2D eigenvalue weighted by atomic mass is 35.7. The lowest BCUT2D eigenvalue weighted by atomic mass is 10.3. The normalized spacial score (nSPS) is 12.5. The van der Waals surface area contributed by atoms with Crippen molar-refractivity contribution in [2.75, 3.05) is 0 Å². The van der Waals surface area contributed by atoms with Crippen LogP contribution < -0.4 is 4.74 Å². The Morgan fingerprint density at radius 1 is 1.47 bits per heavy atom. The molecular weight excluding hydrogens is 287 g/mol. The fourth-order valence-electron chi connectivity index (χ4n) is 1.06. The maximum Gasteiger partial charge on any atom is 0.573 e. The summed E-state index contributed by atoms with van der Waals surface area (Å²) in [6.45, 7) is 1.11. The fraction of sp³-hybridized carbons (Fsp3) is 0.286. The van der Waals surface area contributed by atoms with Crippen LogP contribution in [0.25, 0.3) is 0 Å². The van der Waals surface area contributed by atoms with E-state index in [0.717, 1.165) is 6.92 Å². The zero-order valence-electron chi connectivity index (χ0n) is 8.12. The van der Waals surface area contributed by atoms with Gasteiger partial charge in [0.15, 0.2) is 11.5 Å².